The van der Waals surface area contributed by atoms with E-state index in [1.54, 1.807) is 11.9 Å². The van der Waals surface area contributed by atoms with Gasteiger partial charge in [-0.1, -0.05) is 36.4 Å². The van der Waals surface area contributed by atoms with Crippen LogP contribution in [0.1, 0.15) is 21.7 Å². The maximum absolute atomic E-state index is 12.9. The van der Waals surface area contributed by atoms with Gasteiger partial charge in [0.1, 0.15) is 0 Å². The van der Waals surface area contributed by atoms with E-state index in [9.17, 15) is 4.79 Å². The molecular formula is C19H19N3O. The van der Waals surface area contributed by atoms with Crippen molar-refractivity contribution in [3.8, 4) is 5.69 Å². The second-order valence-electron chi connectivity index (χ2n) is 5.49. The van der Waals surface area contributed by atoms with Crippen LogP contribution in [0, 0.1) is 13.8 Å². The minimum absolute atomic E-state index is 0.0478. The third kappa shape index (κ3) is 2.75. The summed E-state index contributed by atoms with van der Waals surface area (Å²) >= 11 is 0. The summed E-state index contributed by atoms with van der Waals surface area (Å²) in [6.45, 7) is 3.80. The Hall–Kier alpha value is -2.88. The number of aromatic nitrogens is 2. The highest BCUT2D eigenvalue weighted by Crippen LogP contribution is 2.22. The van der Waals surface area contributed by atoms with Gasteiger partial charge in [-0.15, -0.1) is 0 Å². The van der Waals surface area contributed by atoms with Gasteiger partial charge in [0.15, 0.2) is 0 Å². The fourth-order valence-electron chi connectivity index (χ4n) is 2.71. The molecule has 0 spiro atoms. The number of anilines is 1. The van der Waals surface area contributed by atoms with Gasteiger partial charge in [-0.25, -0.2) is 4.68 Å². The highest BCUT2D eigenvalue weighted by molar-refractivity contribution is 6.07. The number of benzene rings is 2. The molecule has 0 saturated carbocycles. The number of hydrogen-bond acceptors (Lipinski definition) is 2. The zero-order valence-electron chi connectivity index (χ0n) is 13.5. The van der Waals surface area contributed by atoms with Gasteiger partial charge in [-0.2, -0.15) is 5.10 Å². The van der Waals surface area contributed by atoms with Crippen molar-refractivity contribution >= 4 is 11.6 Å². The van der Waals surface area contributed by atoms with Crippen LogP contribution in [0.3, 0.4) is 0 Å². The minimum atomic E-state index is -0.0478. The fourth-order valence-corrected chi connectivity index (χ4v) is 2.71. The van der Waals surface area contributed by atoms with Gasteiger partial charge in [-0.3, -0.25) is 4.79 Å². The Balaban J connectivity index is 2.01. The molecule has 3 aromatic rings. The van der Waals surface area contributed by atoms with E-state index in [0.717, 1.165) is 22.8 Å². The Morgan fingerprint density at radius 3 is 2.13 bits per heavy atom. The summed E-state index contributed by atoms with van der Waals surface area (Å²) in [5.74, 6) is -0.0478. The molecule has 4 heteroatoms. The Labute approximate surface area is 136 Å². The summed E-state index contributed by atoms with van der Waals surface area (Å²) in [6, 6.07) is 19.5. The van der Waals surface area contributed by atoms with Gasteiger partial charge in [0, 0.05) is 12.7 Å². The Bertz CT molecular complexity index is 823. The number of nitrogens with zero attached hydrogens (tertiary/aromatic N) is 3. The average molecular weight is 305 g/mol. The largest absolute Gasteiger partial charge is 0.311 e. The molecule has 1 heterocycles. The number of rotatable bonds is 3. The van der Waals surface area contributed by atoms with Gasteiger partial charge < -0.3 is 4.90 Å². The van der Waals surface area contributed by atoms with Crippen LogP contribution >= 0.6 is 0 Å². The van der Waals surface area contributed by atoms with E-state index >= 15 is 0 Å². The molecule has 0 unspecified atom stereocenters. The van der Waals surface area contributed by atoms with Gasteiger partial charge in [0.25, 0.3) is 5.91 Å². The maximum Gasteiger partial charge on any atom is 0.261 e. The van der Waals surface area contributed by atoms with Crippen LogP contribution in [0.15, 0.2) is 60.7 Å². The first kappa shape index (κ1) is 15.0. The highest BCUT2D eigenvalue weighted by Gasteiger charge is 2.23. The first-order valence-electron chi connectivity index (χ1n) is 7.54. The van der Waals surface area contributed by atoms with Crippen LogP contribution in [0.2, 0.25) is 0 Å². The maximum atomic E-state index is 12.9. The summed E-state index contributed by atoms with van der Waals surface area (Å²) in [5, 5.41) is 4.55. The predicted molar refractivity (Wildman–Crippen MR) is 92.2 cm³/mol. The zero-order valence-corrected chi connectivity index (χ0v) is 13.5. The van der Waals surface area contributed by atoms with Crippen molar-refractivity contribution in [2.45, 2.75) is 13.8 Å². The van der Waals surface area contributed by atoms with Crippen molar-refractivity contribution in [3.05, 3.63) is 77.6 Å². The number of carbonyl (C=O) groups is 1. The number of para-hydroxylation sites is 2. The topological polar surface area (TPSA) is 38.1 Å². The smallest absolute Gasteiger partial charge is 0.261 e. The standard InChI is InChI=1S/C19H19N3O/c1-14-18(19(23)21(3)16-10-6-4-7-11-16)15(2)22(20-14)17-12-8-5-9-13-17/h4-13H,1-3H3. The molecule has 0 aliphatic carbocycles. The Morgan fingerprint density at radius 2 is 1.52 bits per heavy atom. The SMILES string of the molecule is Cc1nn(-c2ccccc2)c(C)c1C(=O)N(C)c1ccccc1. The second-order valence-corrected chi connectivity index (χ2v) is 5.49. The van der Waals surface area contributed by atoms with E-state index < -0.39 is 0 Å². The molecule has 0 radical (unpaired) electrons. The van der Waals surface area contributed by atoms with Crippen LogP contribution in [0.4, 0.5) is 5.69 Å². The lowest BCUT2D eigenvalue weighted by molar-refractivity contribution is 0.0992. The molecular weight excluding hydrogens is 286 g/mol. The third-order valence-electron chi connectivity index (χ3n) is 3.95. The molecule has 2 aromatic carbocycles. The van der Waals surface area contributed by atoms with E-state index in [-0.39, 0.29) is 5.91 Å². The summed E-state index contributed by atoms with van der Waals surface area (Å²) in [6.07, 6.45) is 0. The molecule has 116 valence electrons. The summed E-state index contributed by atoms with van der Waals surface area (Å²) in [7, 11) is 1.79. The fraction of sp³-hybridized carbons (Fsp3) is 0.158. The lowest BCUT2D eigenvalue weighted by atomic mass is 10.1. The van der Waals surface area contributed by atoms with Gasteiger partial charge in [0.2, 0.25) is 0 Å². The van der Waals surface area contributed by atoms with Crippen molar-refractivity contribution in [2.24, 2.45) is 0 Å². The number of amides is 1. The van der Waals surface area contributed by atoms with Crippen molar-refractivity contribution in [1.29, 1.82) is 0 Å². The number of hydrogen-bond donors (Lipinski definition) is 0. The molecule has 3 rings (SSSR count). The Morgan fingerprint density at radius 1 is 0.957 bits per heavy atom. The molecule has 0 saturated heterocycles. The van der Waals surface area contributed by atoms with E-state index in [1.807, 2.05) is 79.2 Å². The van der Waals surface area contributed by atoms with Crippen molar-refractivity contribution in [1.82, 2.24) is 9.78 Å². The van der Waals surface area contributed by atoms with Crippen molar-refractivity contribution in [2.75, 3.05) is 11.9 Å². The molecule has 23 heavy (non-hydrogen) atoms. The minimum Gasteiger partial charge on any atom is -0.311 e. The number of carbonyl (C=O) groups excluding carboxylic acids is 1. The molecule has 0 aliphatic heterocycles. The lowest BCUT2D eigenvalue weighted by Gasteiger charge is -2.17. The van der Waals surface area contributed by atoms with Crippen LogP contribution < -0.4 is 4.90 Å². The monoisotopic (exact) mass is 305 g/mol. The normalized spacial score (nSPS) is 10.6. The van der Waals surface area contributed by atoms with E-state index in [0.29, 0.717) is 5.56 Å². The van der Waals surface area contributed by atoms with Gasteiger partial charge >= 0.3 is 0 Å². The first-order chi connectivity index (χ1) is 11.1. The predicted octanol–water partition coefficient (Wildman–Crippen LogP) is 3.77. The lowest BCUT2D eigenvalue weighted by Crippen LogP contribution is -2.27. The molecule has 0 N–H and O–H groups in total. The van der Waals surface area contributed by atoms with Crippen LogP contribution in [0.5, 0.6) is 0 Å². The van der Waals surface area contributed by atoms with E-state index in [4.69, 9.17) is 0 Å². The molecule has 0 fully saturated rings. The average Bonchev–Trinajstić information content (AvgIpc) is 2.89. The van der Waals surface area contributed by atoms with E-state index in [1.165, 1.54) is 0 Å². The van der Waals surface area contributed by atoms with Crippen LogP contribution in [0.25, 0.3) is 5.69 Å². The molecule has 0 bridgehead atoms. The molecule has 0 atom stereocenters. The zero-order chi connectivity index (χ0) is 16.4. The van der Waals surface area contributed by atoms with Crippen LogP contribution in [-0.4, -0.2) is 22.7 Å². The van der Waals surface area contributed by atoms with Crippen molar-refractivity contribution in [3.63, 3.8) is 0 Å². The molecule has 1 amide bonds. The van der Waals surface area contributed by atoms with Gasteiger partial charge in [-0.05, 0) is 38.1 Å². The van der Waals surface area contributed by atoms with Crippen LogP contribution in [-0.2, 0) is 0 Å². The highest BCUT2D eigenvalue weighted by atomic mass is 16.2. The molecule has 1 aromatic heterocycles. The second kappa shape index (κ2) is 6.08. The van der Waals surface area contributed by atoms with E-state index in [2.05, 4.69) is 5.10 Å². The summed E-state index contributed by atoms with van der Waals surface area (Å²) in [4.78, 5) is 14.6. The summed E-state index contributed by atoms with van der Waals surface area (Å²) < 4.78 is 1.82. The first-order valence-corrected chi connectivity index (χ1v) is 7.54. The molecule has 4 nitrogen and oxygen atoms in total. The third-order valence-corrected chi connectivity index (χ3v) is 3.95. The summed E-state index contributed by atoms with van der Waals surface area (Å²) in [5.41, 5.74) is 4.05. The van der Waals surface area contributed by atoms with Crippen molar-refractivity contribution < 1.29 is 4.79 Å². The quantitative estimate of drug-likeness (QED) is 0.739. The number of aryl methyl sites for hydroxylation is 1. The van der Waals surface area contributed by atoms with Gasteiger partial charge in [0.05, 0.1) is 22.6 Å². The molecule has 0 aliphatic rings. The Kier molecular flexibility index (Phi) is 3.98.